The summed E-state index contributed by atoms with van der Waals surface area (Å²) < 4.78 is 11.1. The zero-order valence-corrected chi connectivity index (χ0v) is 12.0. The Hall–Kier alpha value is -3.27. The molecule has 2 aromatic heterocycles. The molecule has 0 aliphatic carbocycles. The van der Waals surface area contributed by atoms with Crippen LogP contribution in [0.4, 0.5) is 0 Å². The van der Waals surface area contributed by atoms with E-state index in [-0.39, 0.29) is 5.75 Å². The van der Waals surface area contributed by atoms with Gasteiger partial charge >= 0.3 is 0 Å². The van der Waals surface area contributed by atoms with Crippen molar-refractivity contribution in [3.05, 3.63) is 65.8 Å². The lowest BCUT2D eigenvalue weighted by molar-refractivity contribution is 0.112. The third kappa shape index (κ3) is 2.12. The third-order valence-corrected chi connectivity index (χ3v) is 3.80. The third-order valence-electron chi connectivity index (χ3n) is 3.80. The van der Waals surface area contributed by atoms with Gasteiger partial charge in [0.1, 0.15) is 22.9 Å². The first kappa shape index (κ1) is 13.4. The normalized spacial score (nSPS) is 11.7. The van der Waals surface area contributed by atoms with Crippen molar-refractivity contribution in [3.8, 4) is 5.75 Å². The molecule has 0 bridgehead atoms. The van der Waals surface area contributed by atoms with Crippen LogP contribution in [-0.2, 0) is 0 Å². The molecule has 4 aromatic rings. The van der Waals surface area contributed by atoms with Gasteiger partial charge in [0.05, 0.1) is 11.8 Å². The zero-order valence-electron chi connectivity index (χ0n) is 12.0. The largest absolute Gasteiger partial charge is 0.507 e. The second kappa shape index (κ2) is 5.18. The molecular weight excluding hydrogens is 292 g/mol. The Morgan fingerprint density at radius 1 is 0.957 bits per heavy atom. The van der Waals surface area contributed by atoms with E-state index in [9.17, 15) is 9.90 Å². The first-order chi connectivity index (χ1) is 11.3. The van der Waals surface area contributed by atoms with Gasteiger partial charge in [0.2, 0.25) is 0 Å². The van der Waals surface area contributed by atoms with Gasteiger partial charge in [-0.05, 0) is 30.4 Å². The Balaban J connectivity index is 1.99. The van der Waals surface area contributed by atoms with Gasteiger partial charge < -0.3 is 13.9 Å². The Morgan fingerprint density at radius 3 is 2.52 bits per heavy atom. The molecule has 0 radical (unpaired) electrons. The predicted molar refractivity (Wildman–Crippen MR) is 88.4 cm³/mol. The van der Waals surface area contributed by atoms with Crippen molar-refractivity contribution in [1.29, 1.82) is 0 Å². The fourth-order valence-electron chi connectivity index (χ4n) is 2.73. The lowest BCUT2D eigenvalue weighted by Gasteiger charge is -2.01. The molecule has 4 heteroatoms. The van der Waals surface area contributed by atoms with Crippen LogP contribution in [0.1, 0.15) is 21.9 Å². The molecule has 0 unspecified atom stereocenters. The smallest absolute Gasteiger partial charge is 0.154 e. The van der Waals surface area contributed by atoms with Gasteiger partial charge in [-0.3, -0.25) is 4.79 Å². The summed E-state index contributed by atoms with van der Waals surface area (Å²) in [7, 11) is 0. The number of rotatable bonds is 3. The van der Waals surface area contributed by atoms with E-state index in [1.807, 2.05) is 24.3 Å². The lowest BCUT2D eigenvalue weighted by Crippen LogP contribution is -1.81. The van der Waals surface area contributed by atoms with Gasteiger partial charge in [-0.1, -0.05) is 24.3 Å². The molecule has 0 aliphatic rings. The molecule has 2 heterocycles. The lowest BCUT2D eigenvalue weighted by atomic mass is 10.0. The van der Waals surface area contributed by atoms with Crippen LogP contribution in [-0.4, -0.2) is 11.4 Å². The minimum atomic E-state index is 0.124. The number of fused-ring (bicyclic) bond motifs is 3. The van der Waals surface area contributed by atoms with Crippen molar-refractivity contribution in [2.45, 2.75) is 0 Å². The van der Waals surface area contributed by atoms with E-state index in [1.54, 1.807) is 36.6 Å². The summed E-state index contributed by atoms with van der Waals surface area (Å²) in [6.07, 6.45) is 5.73. The Kier molecular flexibility index (Phi) is 3.01. The van der Waals surface area contributed by atoms with Gasteiger partial charge in [0, 0.05) is 16.2 Å². The van der Waals surface area contributed by atoms with Crippen LogP contribution in [0.3, 0.4) is 0 Å². The fraction of sp³-hybridized carbons (Fsp3) is 0. The van der Waals surface area contributed by atoms with Crippen molar-refractivity contribution >= 4 is 40.2 Å². The zero-order chi connectivity index (χ0) is 15.8. The molecule has 1 N–H and O–H groups in total. The quantitative estimate of drug-likeness (QED) is 0.548. The van der Waals surface area contributed by atoms with E-state index in [4.69, 9.17) is 8.83 Å². The number of aldehydes is 1. The van der Waals surface area contributed by atoms with Crippen molar-refractivity contribution in [3.63, 3.8) is 0 Å². The van der Waals surface area contributed by atoms with Crippen LogP contribution in [0.5, 0.6) is 5.75 Å². The minimum Gasteiger partial charge on any atom is -0.507 e. The summed E-state index contributed by atoms with van der Waals surface area (Å²) in [5.74, 6) is 1.22. The maximum Gasteiger partial charge on any atom is 0.154 e. The number of carbonyl (C=O) groups excluding carboxylic acids is 1. The molecule has 23 heavy (non-hydrogen) atoms. The Bertz CT molecular complexity index is 1040. The SMILES string of the molecule is O=Cc1c(/C=C/c2ccco2)oc2c1cc(O)c1ccccc12. The van der Waals surface area contributed by atoms with E-state index in [1.165, 1.54) is 0 Å². The second-order valence-corrected chi connectivity index (χ2v) is 5.16. The highest BCUT2D eigenvalue weighted by Crippen LogP contribution is 2.37. The molecule has 112 valence electrons. The molecule has 0 spiro atoms. The molecule has 0 saturated heterocycles. The maximum atomic E-state index is 11.5. The average Bonchev–Trinajstić information content (AvgIpc) is 3.20. The predicted octanol–water partition coefficient (Wildman–Crippen LogP) is 4.87. The first-order valence-corrected chi connectivity index (χ1v) is 7.12. The van der Waals surface area contributed by atoms with Crippen molar-refractivity contribution in [1.82, 2.24) is 0 Å². The van der Waals surface area contributed by atoms with Crippen molar-refractivity contribution in [2.75, 3.05) is 0 Å². The summed E-state index contributed by atoms with van der Waals surface area (Å²) in [6, 6.07) is 12.5. The van der Waals surface area contributed by atoms with E-state index in [0.717, 1.165) is 11.7 Å². The Labute approximate surface area is 131 Å². The average molecular weight is 304 g/mol. The molecule has 4 rings (SSSR count). The number of hydrogen-bond acceptors (Lipinski definition) is 4. The van der Waals surface area contributed by atoms with Crippen LogP contribution < -0.4 is 0 Å². The van der Waals surface area contributed by atoms with Crippen LogP contribution >= 0.6 is 0 Å². The van der Waals surface area contributed by atoms with E-state index < -0.39 is 0 Å². The number of phenolic OH excluding ortho intramolecular Hbond substituents is 1. The number of benzene rings is 2. The topological polar surface area (TPSA) is 63.6 Å². The number of phenols is 1. The highest BCUT2D eigenvalue weighted by Gasteiger charge is 2.16. The van der Waals surface area contributed by atoms with Gasteiger partial charge in [0.15, 0.2) is 6.29 Å². The summed E-state index contributed by atoms with van der Waals surface area (Å²) in [4.78, 5) is 11.5. The minimum absolute atomic E-state index is 0.124. The van der Waals surface area contributed by atoms with Crippen molar-refractivity contribution in [2.24, 2.45) is 0 Å². The first-order valence-electron chi connectivity index (χ1n) is 7.12. The number of hydrogen-bond donors (Lipinski definition) is 1. The van der Waals surface area contributed by atoms with Crippen LogP contribution in [0.2, 0.25) is 0 Å². The summed E-state index contributed by atoms with van der Waals surface area (Å²) in [5, 5.41) is 12.2. The standard InChI is InChI=1S/C19H12O4/c20-11-16-15-10-17(21)13-5-1-2-6-14(13)19(15)23-18(16)8-7-12-4-3-9-22-12/h1-11,21H/b8-7+. The van der Waals surface area contributed by atoms with Gasteiger partial charge in [-0.25, -0.2) is 0 Å². The molecule has 0 atom stereocenters. The maximum absolute atomic E-state index is 11.5. The van der Waals surface area contributed by atoms with Crippen LogP contribution in [0, 0.1) is 0 Å². The van der Waals surface area contributed by atoms with E-state index >= 15 is 0 Å². The van der Waals surface area contributed by atoms with E-state index in [2.05, 4.69) is 0 Å². The second-order valence-electron chi connectivity index (χ2n) is 5.16. The van der Waals surface area contributed by atoms with Crippen molar-refractivity contribution < 1.29 is 18.7 Å². The monoisotopic (exact) mass is 304 g/mol. The van der Waals surface area contributed by atoms with Crippen LogP contribution in [0.15, 0.2) is 57.6 Å². The molecule has 0 amide bonds. The van der Waals surface area contributed by atoms with E-state index in [0.29, 0.717) is 33.4 Å². The van der Waals surface area contributed by atoms with Gasteiger partial charge in [0.25, 0.3) is 0 Å². The number of carbonyl (C=O) groups is 1. The molecule has 2 aromatic carbocycles. The molecule has 0 saturated carbocycles. The van der Waals surface area contributed by atoms with Gasteiger partial charge in [-0.15, -0.1) is 0 Å². The highest BCUT2D eigenvalue weighted by molar-refractivity contribution is 6.13. The molecular formula is C19H12O4. The highest BCUT2D eigenvalue weighted by atomic mass is 16.3. The van der Waals surface area contributed by atoms with Crippen LogP contribution in [0.25, 0.3) is 33.9 Å². The molecule has 0 aliphatic heterocycles. The summed E-state index contributed by atoms with van der Waals surface area (Å²) in [5.41, 5.74) is 0.989. The fourth-order valence-corrected chi connectivity index (χ4v) is 2.73. The Morgan fingerprint density at radius 2 is 1.78 bits per heavy atom. The number of furan rings is 2. The number of aromatic hydroxyl groups is 1. The van der Waals surface area contributed by atoms with Gasteiger partial charge in [-0.2, -0.15) is 0 Å². The molecule has 0 fully saturated rings. The summed E-state index contributed by atoms with van der Waals surface area (Å²) in [6.45, 7) is 0. The molecule has 4 nitrogen and oxygen atoms in total. The summed E-state index contributed by atoms with van der Waals surface area (Å²) >= 11 is 0.